The third kappa shape index (κ3) is 5.70. The topological polar surface area (TPSA) is 106 Å². The van der Waals surface area contributed by atoms with Crippen molar-refractivity contribution >= 4 is 38.6 Å². The van der Waals surface area contributed by atoms with Crippen molar-refractivity contribution in [1.82, 2.24) is 9.88 Å². The van der Waals surface area contributed by atoms with Crippen LogP contribution in [0, 0.1) is 0 Å². The van der Waals surface area contributed by atoms with Gasteiger partial charge in [-0.2, -0.15) is 13.2 Å². The summed E-state index contributed by atoms with van der Waals surface area (Å²) in [4.78, 5) is 27.8. The highest BCUT2D eigenvalue weighted by Crippen LogP contribution is 2.27. The van der Waals surface area contributed by atoms with Crippen LogP contribution in [-0.2, 0) is 9.53 Å². The van der Waals surface area contributed by atoms with E-state index in [4.69, 9.17) is 20.4 Å². The molecule has 1 saturated heterocycles. The molecule has 164 valence electrons. The van der Waals surface area contributed by atoms with Crippen LogP contribution in [0.5, 0.6) is 0 Å². The number of ether oxygens (including phenoxy) is 1. The molecule has 31 heavy (non-hydrogen) atoms. The third-order valence-corrected chi connectivity index (χ3v) is 5.28. The predicted octanol–water partition coefficient (Wildman–Crippen LogP) is 3.73. The van der Waals surface area contributed by atoms with Gasteiger partial charge in [0.05, 0.1) is 23.4 Å². The summed E-state index contributed by atoms with van der Waals surface area (Å²) in [6.45, 7) is 1.69. The molecule has 1 amide bonds. The number of aromatic nitrogens is 1. The summed E-state index contributed by atoms with van der Waals surface area (Å²) in [7, 11) is 0. The van der Waals surface area contributed by atoms with Crippen molar-refractivity contribution in [3.63, 3.8) is 0 Å². The number of carboxylic acid groups (broad SMARTS) is 1. The molecular formula is C20H18F3N3O4S. The number of aliphatic carboxylic acids is 1. The minimum atomic E-state index is -5.08. The molecule has 2 heterocycles. The monoisotopic (exact) mass is 453 g/mol. The summed E-state index contributed by atoms with van der Waals surface area (Å²) in [6.07, 6.45) is -5.16. The van der Waals surface area contributed by atoms with Crippen LogP contribution in [0.3, 0.4) is 0 Å². The first-order chi connectivity index (χ1) is 14.6. The Balaban J connectivity index is 0.000000339. The summed E-state index contributed by atoms with van der Waals surface area (Å²) < 4.78 is 38.6. The molecule has 0 saturated carbocycles. The quantitative estimate of drug-likeness (QED) is 0.613. The SMILES string of the molecule is Nc1nc2cc(C(=O)N3CCOC(c4ccccc4)C3)ccc2s1.O=C(O)C(F)(F)F. The minimum absolute atomic E-state index is 0.00713. The lowest BCUT2D eigenvalue weighted by Gasteiger charge is -2.33. The van der Waals surface area contributed by atoms with Crippen LogP contribution in [-0.4, -0.2) is 52.7 Å². The number of thiazole rings is 1. The number of halogens is 3. The van der Waals surface area contributed by atoms with Crippen LogP contribution in [0.1, 0.15) is 22.0 Å². The fraction of sp³-hybridized carbons (Fsp3) is 0.250. The van der Waals surface area contributed by atoms with Crippen LogP contribution in [0.25, 0.3) is 10.2 Å². The minimum Gasteiger partial charge on any atom is -0.475 e. The van der Waals surface area contributed by atoms with Gasteiger partial charge in [0, 0.05) is 12.1 Å². The van der Waals surface area contributed by atoms with Gasteiger partial charge in [-0.3, -0.25) is 4.79 Å². The summed E-state index contributed by atoms with van der Waals surface area (Å²) in [6, 6.07) is 15.6. The fourth-order valence-corrected chi connectivity index (χ4v) is 3.68. The van der Waals surface area contributed by atoms with Crippen LogP contribution >= 0.6 is 11.3 Å². The van der Waals surface area contributed by atoms with Gasteiger partial charge in [-0.15, -0.1) is 0 Å². The lowest BCUT2D eigenvalue weighted by atomic mass is 10.1. The number of benzene rings is 2. The largest absolute Gasteiger partial charge is 0.490 e. The van der Waals surface area contributed by atoms with Gasteiger partial charge in [-0.1, -0.05) is 41.7 Å². The zero-order valence-electron chi connectivity index (χ0n) is 16.0. The number of morpholine rings is 1. The Morgan fingerprint density at radius 1 is 1.19 bits per heavy atom. The van der Waals surface area contributed by atoms with E-state index in [-0.39, 0.29) is 12.0 Å². The number of amides is 1. The van der Waals surface area contributed by atoms with E-state index in [1.807, 2.05) is 53.4 Å². The van der Waals surface area contributed by atoms with Gasteiger partial charge >= 0.3 is 12.1 Å². The second-order valence-electron chi connectivity index (χ2n) is 6.56. The highest BCUT2D eigenvalue weighted by Gasteiger charge is 2.38. The van der Waals surface area contributed by atoms with Gasteiger partial charge in [-0.25, -0.2) is 9.78 Å². The van der Waals surface area contributed by atoms with Crippen molar-refractivity contribution < 1.29 is 32.6 Å². The van der Waals surface area contributed by atoms with E-state index < -0.39 is 12.1 Å². The number of hydrogen-bond acceptors (Lipinski definition) is 6. The Bertz CT molecular complexity index is 1070. The molecule has 0 aliphatic carbocycles. The summed E-state index contributed by atoms with van der Waals surface area (Å²) in [5, 5.41) is 7.64. The molecule has 3 aromatic rings. The van der Waals surface area contributed by atoms with Gasteiger partial charge in [0.25, 0.3) is 5.91 Å². The molecule has 1 aliphatic heterocycles. The van der Waals surface area contributed by atoms with Gasteiger partial charge < -0.3 is 20.5 Å². The number of carboxylic acids is 1. The summed E-state index contributed by atoms with van der Waals surface area (Å²) >= 11 is 1.43. The average molecular weight is 453 g/mol. The Hall–Kier alpha value is -3.18. The van der Waals surface area contributed by atoms with Crippen LogP contribution in [0.2, 0.25) is 0 Å². The van der Waals surface area contributed by atoms with Crippen LogP contribution in [0.4, 0.5) is 18.3 Å². The summed E-state index contributed by atoms with van der Waals surface area (Å²) in [5.41, 5.74) is 8.25. The molecule has 7 nitrogen and oxygen atoms in total. The second-order valence-corrected chi connectivity index (χ2v) is 7.62. The normalized spacial score (nSPS) is 16.5. The zero-order valence-corrected chi connectivity index (χ0v) is 16.8. The van der Waals surface area contributed by atoms with Crippen LogP contribution in [0.15, 0.2) is 48.5 Å². The average Bonchev–Trinajstić information content (AvgIpc) is 3.13. The van der Waals surface area contributed by atoms with Crippen molar-refractivity contribution in [3.05, 3.63) is 59.7 Å². The lowest BCUT2D eigenvalue weighted by molar-refractivity contribution is -0.192. The maximum absolute atomic E-state index is 12.8. The second kappa shape index (κ2) is 9.31. The van der Waals surface area contributed by atoms with E-state index in [0.29, 0.717) is 30.4 Å². The number of nitrogens with zero attached hydrogens (tertiary/aromatic N) is 2. The Morgan fingerprint density at radius 2 is 1.87 bits per heavy atom. The van der Waals surface area contributed by atoms with E-state index in [0.717, 1.165) is 15.8 Å². The lowest BCUT2D eigenvalue weighted by Crippen LogP contribution is -2.42. The van der Waals surface area contributed by atoms with E-state index in [1.54, 1.807) is 0 Å². The van der Waals surface area contributed by atoms with Gasteiger partial charge in [0.2, 0.25) is 0 Å². The molecule has 2 aromatic carbocycles. The number of fused-ring (bicyclic) bond motifs is 1. The highest BCUT2D eigenvalue weighted by atomic mass is 32.1. The fourth-order valence-electron chi connectivity index (χ4n) is 2.96. The third-order valence-electron chi connectivity index (χ3n) is 4.42. The molecule has 1 aromatic heterocycles. The van der Waals surface area contributed by atoms with Gasteiger partial charge in [-0.05, 0) is 23.8 Å². The number of hydrogen-bond donors (Lipinski definition) is 2. The van der Waals surface area contributed by atoms with E-state index in [1.165, 1.54) is 11.3 Å². The standard InChI is InChI=1S/C18H17N3O2S.C2HF3O2/c19-18-20-14-10-13(6-7-16(14)24-18)17(22)21-8-9-23-15(11-21)12-4-2-1-3-5-12;3-2(4,5)1(6)7/h1-7,10,15H,8-9,11H2,(H2,19,20);(H,6,7). The van der Waals surface area contributed by atoms with Crippen molar-refractivity contribution in [1.29, 1.82) is 0 Å². The Labute approximate surface area is 178 Å². The Morgan fingerprint density at radius 3 is 2.52 bits per heavy atom. The highest BCUT2D eigenvalue weighted by molar-refractivity contribution is 7.22. The smallest absolute Gasteiger partial charge is 0.475 e. The zero-order chi connectivity index (χ0) is 22.6. The van der Waals surface area contributed by atoms with Crippen LogP contribution < -0.4 is 5.73 Å². The molecule has 1 unspecified atom stereocenters. The van der Waals surface area contributed by atoms with E-state index >= 15 is 0 Å². The molecule has 3 N–H and O–H groups in total. The number of nitrogens with two attached hydrogens (primary N) is 1. The number of anilines is 1. The molecular weight excluding hydrogens is 435 g/mol. The van der Waals surface area contributed by atoms with Crippen molar-refractivity contribution in [2.45, 2.75) is 12.3 Å². The van der Waals surface area contributed by atoms with E-state index in [9.17, 15) is 18.0 Å². The van der Waals surface area contributed by atoms with Gasteiger partial charge in [0.15, 0.2) is 5.13 Å². The molecule has 0 spiro atoms. The number of carbonyl (C=O) groups excluding carboxylic acids is 1. The predicted molar refractivity (Wildman–Crippen MR) is 109 cm³/mol. The maximum Gasteiger partial charge on any atom is 0.490 e. The van der Waals surface area contributed by atoms with Crippen molar-refractivity contribution in [2.24, 2.45) is 0 Å². The van der Waals surface area contributed by atoms with E-state index in [2.05, 4.69) is 4.98 Å². The molecule has 1 fully saturated rings. The summed E-state index contributed by atoms with van der Waals surface area (Å²) in [5.74, 6) is -2.75. The number of carbonyl (C=O) groups is 2. The number of rotatable bonds is 2. The van der Waals surface area contributed by atoms with Crippen molar-refractivity contribution in [3.8, 4) is 0 Å². The molecule has 1 atom stereocenters. The molecule has 4 rings (SSSR count). The Kier molecular flexibility index (Phi) is 6.76. The molecule has 1 aliphatic rings. The first-order valence-corrected chi connectivity index (χ1v) is 9.89. The maximum atomic E-state index is 12.8. The molecule has 0 radical (unpaired) electrons. The first kappa shape index (κ1) is 22.5. The number of nitrogen functional groups attached to an aromatic ring is 1. The van der Waals surface area contributed by atoms with Crippen molar-refractivity contribution in [2.75, 3.05) is 25.4 Å². The number of alkyl halides is 3. The van der Waals surface area contributed by atoms with Gasteiger partial charge in [0.1, 0.15) is 6.10 Å². The molecule has 0 bridgehead atoms. The molecule has 11 heteroatoms. The first-order valence-electron chi connectivity index (χ1n) is 9.07.